The first-order valence-electron chi connectivity index (χ1n) is 8.97. The molecule has 0 aliphatic carbocycles. The minimum Gasteiger partial charge on any atom is -0.341 e. The molecule has 1 aromatic carbocycles. The number of likely N-dealkylation sites (N-methyl/N-ethyl adjacent to an activating group) is 1. The molecule has 0 spiro atoms. The fourth-order valence-electron chi connectivity index (χ4n) is 3.07. The monoisotopic (exact) mass is 371 g/mol. The molecule has 2 amide bonds. The van der Waals surface area contributed by atoms with Crippen LogP contribution < -0.4 is 5.32 Å². The number of amides is 2. The lowest BCUT2D eigenvalue weighted by Crippen LogP contribution is -2.51. The topological polar surface area (TPSA) is 52.6 Å². The van der Waals surface area contributed by atoms with E-state index in [1.54, 1.807) is 11.3 Å². The maximum Gasteiger partial charge on any atom is 0.249 e. The third kappa shape index (κ3) is 4.93. The Balaban J connectivity index is 1.67. The van der Waals surface area contributed by atoms with Crippen molar-refractivity contribution in [3.63, 3.8) is 0 Å². The zero-order chi connectivity index (χ0) is 18.4. The molecule has 1 aliphatic rings. The summed E-state index contributed by atoms with van der Waals surface area (Å²) in [5.41, 5.74) is 0.834. The van der Waals surface area contributed by atoms with Gasteiger partial charge in [-0.3, -0.25) is 9.59 Å². The first kappa shape index (κ1) is 18.6. The predicted molar refractivity (Wildman–Crippen MR) is 104 cm³/mol. The van der Waals surface area contributed by atoms with Crippen LogP contribution in [0, 0.1) is 0 Å². The average molecular weight is 372 g/mol. The Morgan fingerprint density at radius 3 is 2.46 bits per heavy atom. The van der Waals surface area contributed by atoms with Gasteiger partial charge < -0.3 is 15.1 Å². The lowest BCUT2D eigenvalue weighted by molar-refractivity contribution is -0.138. The van der Waals surface area contributed by atoms with Gasteiger partial charge in [-0.15, -0.1) is 11.3 Å². The Morgan fingerprint density at radius 1 is 1.08 bits per heavy atom. The van der Waals surface area contributed by atoms with Gasteiger partial charge in [0.2, 0.25) is 11.8 Å². The van der Waals surface area contributed by atoms with Crippen molar-refractivity contribution in [2.75, 3.05) is 33.2 Å². The van der Waals surface area contributed by atoms with Gasteiger partial charge in [0.1, 0.15) is 6.04 Å². The number of aryl methyl sites for hydroxylation is 1. The van der Waals surface area contributed by atoms with Crippen molar-refractivity contribution in [3.8, 4) is 0 Å². The van der Waals surface area contributed by atoms with E-state index in [1.165, 1.54) is 4.88 Å². The molecule has 2 heterocycles. The maximum atomic E-state index is 13.1. The predicted octanol–water partition coefficient (Wildman–Crippen LogP) is 2.31. The Hall–Kier alpha value is -2.18. The van der Waals surface area contributed by atoms with E-state index in [2.05, 4.69) is 17.3 Å². The third-order valence-electron chi connectivity index (χ3n) is 4.68. The average Bonchev–Trinajstić information content (AvgIpc) is 3.19. The van der Waals surface area contributed by atoms with Crippen LogP contribution in [0.15, 0.2) is 47.8 Å². The summed E-state index contributed by atoms with van der Waals surface area (Å²) >= 11 is 1.65. The molecule has 1 atom stereocenters. The number of benzene rings is 1. The van der Waals surface area contributed by atoms with Crippen LogP contribution in [-0.2, 0) is 16.0 Å². The van der Waals surface area contributed by atoms with Crippen molar-refractivity contribution in [1.29, 1.82) is 0 Å². The number of carbonyl (C=O) groups is 2. The summed E-state index contributed by atoms with van der Waals surface area (Å²) in [4.78, 5) is 30.8. The van der Waals surface area contributed by atoms with Crippen LogP contribution in [-0.4, -0.2) is 54.8 Å². The summed E-state index contributed by atoms with van der Waals surface area (Å²) in [6, 6.07) is 12.9. The van der Waals surface area contributed by atoms with E-state index < -0.39 is 6.04 Å². The number of carbonyl (C=O) groups excluding carboxylic acids is 2. The SMILES string of the molecule is CN1CCN(C(=O)[C@@H](NC(=O)CCc2cccs2)c2ccccc2)CC1. The van der Waals surface area contributed by atoms with E-state index in [9.17, 15) is 9.59 Å². The lowest BCUT2D eigenvalue weighted by atomic mass is 10.0. The van der Waals surface area contributed by atoms with Crippen molar-refractivity contribution >= 4 is 23.2 Å². The van der Waals surface area contributed by atoms with Crippen molar-refractivity contribution < 1.29 is 9.59 Å². The minimum absolute atomic E-state index is 0.0197. The second kappa shape index (κ2) is 8.96. The smallest absolute Gasteiger partial charge is 0.249 e. The Labute approximate surface area is 158 Å². The molecule has 1 saturated heterocycles. The van der Waals surface area contributed by atoms with Gasteiger partial charge in [0.15, 0.2) is 0 Å². The van der Waals surface area contributed by atoms with E-state index in [0.717, 1.165) is 18.7 Å². The van der Waals surface area contributed by atoms with E-state index in [-0.39, 0.29) is 11.8 Å². The molecule has 1 aliphatic heterocycles. The highest BCUT2D eigenvalue weighted by Crippen LogP contribution is 2.18. The summed E-state index contributed by atoms with van der Waals surface area (Å²) in [6.07, 6.45) is 1.09. The van der Waals surface area contributed by atoms with Crippen LogP contribution in [0.4, 0.5) is 0 Å². The van der Waals surface area contributed by atoms with Crippen LogP contribution in [0.2, 0.25) is 0 Å². The normalized spacial score (nSPS) is 16.3. The standard InChI is InChI=1S/C20H25N3O2S/c1-22-11-13-23(14-12-22)20(25)19(16-6-3-2-4-7-16)21-18(24)10-9-17-8-5-15-26-17/h2-8,15,19H,9-14H2,1H3,(H,21,24)/t19-/m0/s1. The van der Waals surface area contributed by atoms with Gasteiger partial charge in [0, 0.05) is 37.5 Å². The molecule has 26 heavy (non-hydrogen) atoms. The Bertz CT molecular complexity index is 710. The van der Waals surface area contributed by atoms with Crippen LogP contribution in [0.5, 0.6) is 0 Å². The molecule has 0 bridgehead atoms. The van der Waals surface area contributed by atoms with Gasteiger partial charge in [-0.25, -0.2) is 0 Å². The van der Waals surface area contributed by atoms with Crippen molar-refractivity contribution in [3.05, 3.63) is 58.3 Å². The highest BCUT2D eigenvalue weighted by Gasteiger charge is 2.29. The molecule has 1 N–H and O–H groups in total. The highest BCUT2D eigenvalue weighted by atomic mass is 32.1. The number of nitrogens with zero attached hydrogens (tertiary/aromatic N) is 2. The molecule has 6 heteroatoms. The van der Waals surface area contributed by atoms with Crippen LogP contribution in [0.25, 0.3) is 0 Å². The maximum absolute atomic E-state index is 13.1. The highest BCUT2D eigenvalue weighted by molar-refractivity contribution is 7.09. The molecule has 0 radical (unpaired) electrons. The quantitative estimate of drug-likeness (QED) is 0.848. The van der Waals surface area contributed by atoms with Crippen LogP contribution in [0.1, 0.15) is 22.9 Å². The summed E-state index contributed by atoms with van der Waals surface area (Å²) in [5, 5.41) is 4.98. The van der Waals surface area contributed by atoms with Gasteiger partial charge in [0.25, 0.3) is 0 Å². The van der Waals surface area contributed by atoms with Gasteiger partial charge in [-0.1, -0.05) is 36.4 Å². The summed E-state index contributed by atoms with van der Waals surface area (Å²) in [6.45, 7) is 3.12. The van der Waals surface area contributed by atoms with Gasteiger partial charge >= 0.3 is 0 Å². The van der Waals surface area contributed by atoms with Crippen LogP contribution in [0.3, 0.4) is 0 Å². The van der Waals surface area contributed by atoms with E-state index in [1.807, 2.05) is 52.7 Å². The Morgan fingerprint density at radius 2 is 1.81 bits per heavy atom. The van der Waals surface area contributed by atoms with Crippen molar-refractivity contribution in [2.45, 2.75) is 18.9 Å². The number of nitrogens with one attached hydrogen (secondary N) is 1. The number of thiophene rings is 1. The second-order valence-corrected chi connectivity index (χ2v) is 7.65. The summed E-state index contributed by atoms with van der Waals surface area (Å²) in [5.74, 6) is -0.108. The van der Waals surface area contributed by atoms with Gasteiger partial charge in [-0.2, -0.15) is 0 Å². The largest absolute Gasteiger partial charge is 0.341 e. The zero-order valence-electron chi connectivity index (χ0n) is 15.1. The minimum atomic E-state index is -0.615. The molecule has 138 valence electrons. The third-order valence-corrected chi connectivity index (χ3v) is 5.61. The summed E-state index contributed by atoms with van der Waals surface area (Å²) < 4.78 is 0. The van der Waals surface area contributed by atoms with Crippen LogP contribution >= 0.6 is 11.3 Å². The first-order valence-corrected chi connectivity index (χ1v) is 9.85. The molecule has 1 fully saturated rings. The number of piperazine rings is 1. The van der Waals surface area contributed by atoms with Crippen molar-refractivity contribution in [2.24, 2.45) is 0 Å². The fourth-order valence-corrected chi connectivity index (χ4v) is 3.78. The molecule has 2 aromatic rings. The molecule has 3 rings (SSSR count). The van der Waals surface area contributed by atoms with E-state index in [4.69, 9.17) is 0 Å². The number of rotatable bonds is 6. The zero-order valence-corrected chi connectivity index (χ0v) is 15.9. The molecule has 0 saturated carbocycles. The van der Waals surface area contributed by atoms with Crippen molar-refractivity contribution in [1.82, 2.24) is 15.1 Å². The van der Waals surface area contributed by atoms with E-state index in [0.29, 0.717) is 25.9 Å². The molecule has 5 nitrogen and oxygen atoms in total. The molecular formula is C20H25N3O2S. The number of hydrogen-bond donors (Lipinski definition) is 1. The number of hydrogen-bond acceptors (Lipinski definition) is 4. The van der Waals surface area contributed by atoms with E-state index >= 15 is 0 Å². The fraction of sp³-hybridized carbons (Fsp3) is 0.400. The first-order chi connectivity index (χ1) is 12.6. The molecule has 0 unspecified atom stereocenters. The lowest BCUT2D eigenvalue weighted by Gasteiger charge is -2.35. The molecule has 1 aromatic heterocycles. The Kier molecular flexibility index (Phi) is 6.41. The second-order valence-electron chi connectivity index (χ2n) is 6.62. The van der Waals surface area contributed by atoms with Gasteiger partial charge in [-0.05, 0) is 30.5 Å². The van der Waals surface area contributed by atoms with Gasteiger partial charge in [0.05, 0.1) is 0 Å². The summed E-state index contributed by atoms with van der Waals surface area (Å²) in [7, 11) is 2.06. The molecular weight excluding hydrogens is 346 g/mol.